The van der Waals surface area contributed by atoms with Gasteiger partial charge >= 0.3 is 0 Å². The zero-order valence-electron chi connectivity index (χ0n) is 10.8. The van der Waals surface area contributed by atoms with Crippen LogP contribution in [0.4, 0.5) is 5.69 Å². The molecule has 1 aromatic rings. The molecule has 3 nitrogen and oxygen atoms in total. The highest BCUT2D eigenvalue weighted by molar-refractivity contribution is 6.33. The number of fused-ring (bicyclic) bond motifs is 1. The van der Waals surface area contributed by atoms with Crippen LogP contribution in [0.15, 0.2) is 6.07 Å². The molecule has 1 atom stereocenters. The summed E-state index contributed by atoms with van der Waals surface area (Å²) in [7, 11) is 0. The summed E-state index contributed by atoms with van der Waals surface area (Å²) in [5, 5.41) is 3.69. The largest absolute Gasteiger partial charge is 0.330 e. The van der Waals surface area contributed by atoms with E-state index in [1.807, 2.05) is 13.8 Å². The number of hydrogen-bond acceptors (Lipinski definition) is 2. The van der Waals surface area contributed by atoms with E-state index < -0.39 is 0 Å². The molecule has 1 unspecified atom stereocenters. The van der Waals surface area contributed by atoms with E-state index in [9.17, 15) is 4.79 Å². The molecule has 4 heteroatoms. The number of hydrogen-bond donors (Lipinski definition) is 2. The molecule has 1 aliphatic rings. The number of aryl methyl sites for hydroxylation is 1. The number of halogens is 1. The molecule has 1 amide bonds. The first-order valence-electron chi connectivity index (χ1n) is 6.39. The number of amides is 1. The van der Waals surface area contributed by atoms with Crippen LogP contribution in [-0.2, 0) is 11.2 Å². The Kier molecular flexibility index (Phi) is 3.93. The van der Waals surface area contributed by atoms with Crippen LogP contribution >= 0.6 is 11.6 Å². The van der Waals surface area contributed by atoms with E-state index in [0.29, 0.717) is 6.54 Å². The summed E-state index contributed by atoms with van der Waals surface area (Å²) in [5.41, 5.74) is 9.59. The number of carbonyl (C=O) groups excluding carboxylic acids is 1. The van der Waals surface area contributed by atoms with Crippen molar-refractivity contribution in [3.63, 3.8) is 0 Å². The second kappa shape index (κ2) is 5.29. The molecule has 1 aliphatic heterocycles. The third-order valence-electron chi connectivity index (χ3n) is 3.61. The van der Waals surface area contributed by atoms with Crippen molar-refractivity contribution < 1.29 is 4.79 Å². The highest BCUT2D eigenvalue weighted by Crippen LogP contribution is 2.40. The van der Waals surface area contributed by atoms with Crippen LogP contribution in [0.3, 0.4) is 0 Å². The first kappa shape index (κ1) is 13.4. The minimum absolute atomic E-state index is 0.0586. The number of carbonyl (C=O) groups is 1. The Bertz CT molecular complexity index is 485. The normalized spacial score (nSPS) is 17.8. The van der Waals surface area contributed by atoms with E-state index in [0.717, 1.165) is 46.7 Å². The molecule has 0 radical (unpaired) electrons. The number of unbranched alkanes of at least 4 members (excludes halogenated alkanes) is 1. The lowest BCUT2D eigenvalue weighted by molar-refractivity contribution is -0.116. The Balaban J connectivity index is 2.34. The van der Waals surface area contributed by atoms with Crippen molar-refractivity contribution in [2.24, 2.45) is 5.73 Å². The van der Waals surface area contributed by atoms with E-state index in [1.165, 1.54) is 0 Å². The maximum atomic E-state index is 11.7. The summed E-state index contributed by atoms with van der Waals surface area (Å²) < 4.78 is 0. The molecular weight excluding hydrogens is 248 g/mol. The lowest BCUT2D eigenvalue weighted by Crippen LogP contribution is -2.08. The van der Waals surface area contributed by atoms with Crippen LogP contribution < -0.4 is 11.1 Å². The van der Waals surface area contributed by atoms with Gasteiger partial charge in [-0.05, 0) is 56.3 Å². The zero-order valence-corrected chi connectivity index (χ0v) is 11.6. The molecule has 0 saturated heterocycles. The lowest BCUT2D eigenvalue weighted by Gasteiger charge is -2.12. The Morgan fingerprint density at radius 1 is 1.44 bits per heavy atom. The number of nitrogens with two attached hydrogens (primary N) is 1. The predicted molar refractivity (Wildman–Crippen MR) is 75.2 cm³/mol. The smallest absolute Gasteiger partial charge is 0.231 e. The maximum Gasteiger partial charge on any atom is 0.231 e. The lowest BCUT2D eigenvalue weighted by atomic mass is 9.95. The van der Waals surface area contributed by atoms with Crippen molar-refractivity contribution >= 4 is 23.2 Å². The monoisotopic (exact) mass is 266 g/mol. The van der Waals surface area contributed by atoms with Gasteiger partial charge in [-0.3, -0.25) is 4.79 Å². The standard InChI is InChI=1S/C14H19ClN2O/c1-8-11-7-10(5-3-4-6-16)12(15)9(2)13(11)17-14(8)18/h7-8H,3-6,16H2,1-2H3,(H,17,18). The predicted octanol–water partition coefficient (Wildman–Crippen LogP) is 2.99. The summed E-state index contributed by atoms with van der Waals surface area (Å²) in [5.74, 6) is -0.0208. The van der Waals surface area contributed by atoms with Gasteiger partial charge in [-0.15, -0.1) is 0 Å². The topological polar surface area (TPSA) is 55.1 Å². The van der Waals surface area contributed by atoms with E-state index in [-0.39, 0.29) is 11.8 Å². The van der Waals surface area contributed by atoms with Gasteiger partial charge in [0.15, 0.2) is 0 Å². The summed E-state index contributed by atoms with van der Waals surface area (Å²) in [6.45, 7) is 4.60. The van der Waals surface area contributed by atoms with Crippen molar-refractivity contribution in [3.05, 3.63) is 27.8 Å². The molecule has 0 fully saturated rings. The van der Waals surface area contributed by atoms with Gasteiger partial charge in [-0.1, -0.05) is 17.7 Å². The molecule has 18 heavy (non-hydrogen) atoms. The van der Waals surface area contributed by atoms with Gasteiger partial charge in [0, 0.05) is 10.7 Å². The van der Waals surface area contributed by atoms with Gasteiger partial charge < -0.3 is 11.1 Å². The average Bonchev–Trinajstić information content (AvgIpc) is 2.63. The first-order valence-corrected chi connectivity index (χ1v) is 6.76. The van der Waals surface area contributed by atoms with Crippen LogP contribution in [0.5, 0.6) is 0 Å². The fourth-order valence-corrected chi connectivity index (χ4v) is 2.66. The SMILES string of the molecule is Cc1c(Cl)c(CCCCN)cc2c1NC(=O)C2C. The fraction of sp³-hybridized carbons (Fsp3) is 0.500. The molecule has 0 bridgehead atoms. The average molecular weight is 267 g/mol. The van der Waals surface area contributed by atoms with Crippen molar-refractivity contribution in [3.8, 4) is 0 Å². The zero-order chi connectivity index (χ0) is 13.3. The van der Waals surface area contributed by atoms with Crippen molar-refractivity contribution in [1.29, 1.82) is 0 Å². The molecule has 3 N–H and O–H groups in total. The first-order chi connectivity index (χ1) is 8.56. The van der Waals surface area contributed by atoms with Crippen LogP contribution in [-0.4, -0.2) is 12.5 Å². The minimum atomic E-state index is -0.0794. The summed E-state index contributed by atoms with van der Waals surface area (Å²) in [4.78, 5) is 11.7. The molecule has 0 spiro atoms. The minimum Gasteiger partial charge on any atom is -0.330 e. The van der Waals surface area contributed by atoms with Crippen LogP contribution in [0, 0.1) is 6.92 Å². The van der Waals surface area contributed by atoms with Gasteiger partial charge in [0.25, 0.3) is 0 Å². The second-order valence-electron chi connectivity index (χ2n) is 4.90. The number of anilines is 1. The van der Waals surface area contributed by atoms with E-state index in [2.05, 4.69) is 11.4 Å². The molecule has 98 valence electrons. The summed E-state index contributed by atoms with van der Waals surface area (Å²) in [6, 6.07) is 2.07. The summed E-state index contributed by atoms with van der Waals surface area (Å²) >= 11 is 6.37. The second-order valence-corrected chi connectivity index (χ2v) is 5.27. The fourth-order valence-electron chi connectivity index (χ4n) is 2.41. The van der Waals surface area contributed by atoms with E-state index in [4.69, 9.17) is 17.3 Å². The Morgan fingerprint density at radius 3 is 2.83 bits per heavy atom. The molecule has 2 rings (SSSR count). The van der Waals surface area contributed by atoms with Gasteiger partial charge in [-0.2, -0.15) is 0 Å². The Labute approximate surface area is 113 Å². The molecule has 0 aromatic heterocycles. The van der Waals surface area contributed by atoms with Gasteiger partial charge in [-0.25, -0.2) is 0 Å². The summed E-state index contributed by atoms with van der Waals surface area (Å²) in [6.07, 6.45) is 2.95. The van der Waals surface area contributed by atoms with Crippen molar-refractivity contribution in [2.45, 2.75) is 39.0 Å². The molecule has 1 heterocycles. The van der Waals surface area contributed by atoms with E-state index in [1.54, 1.807) is 0 Å². The number of nitrogens with one attached hydrogen (secondary N) is 1. The van der Waals surface area contributed by atoms with Crippen molar-refractivity contribution in [1.82, 2.24) is 0 Å². The van der Waals surface area contributed by atoms with Gasteiger partial charge in [0.2, 0.25) is 5.91 Å². The Hall–Kier alpha value is -1.06. The third-order valence-corrected chi connectivity index (χ3v) is 4.14. The maximum absolute atomic E-state index is 11.7. The highest BCUT2D eigenvalue weighted by atomic mass is 35.5. The molecule has 0 aliphatic carbocycles. The number of rotatable bonds is 4. The Morgan fingerprint density at radius 2 is 2.17 bits per heavy atom. The molecular formula is C14H19ClN2O. The van der Waals surface area contributed by atoms with Gasteiger partial charge in [0.1, 0.15) is 0 Å². The quantitative estimate of drug-likeness (QED) is 0.823. The highest BCUT2D eigenvalue weighted by Gasteiger charge is 2.29. The number of benzene rings is 1. The van der Waals surface area contributed by atoms with Gasteiger partial charge in [0.05, 0.1) is 5.92 Å². The van der Waals surface area contributed by atoms with Crippen LogP contribution in [0.2, 0.25) is 5.02 Å². The third kappa shape index (κ3) is 2.25. The molecule has 0 saturated carbocycles. The van der Waals surface area contributed by atoms with E-state index >= 15 is 0 Å². The van der Waals surface area contributed by atoms with Crippen LogP contribution in [0.1, 0.15) is 42.4 Å². The molecule has 1 aromatic carbocycles. The van der Waals surface area contributed by atoms with Crippen LogP contribution in [0.25, 0.3) is 0 Å². The van der Waals surface area contributed by atoms with Crippen molar-refractivity contribution in [2.75, 3.05) is 11.9 Å².